The smallest absolute Gasteiger partial charge is 0.131 e. The van der Waals surface area contributed by atoms with Crippen molar-refractivity contribution in [3.05, 3.63) is 71.8 Å². The van der Waals surface area contributed by atoms with Gasteiger partial charge in [0.1, 0.15) is 6.17 Å². The van der Waals surface area contributed by atoms with E-state index < -0.39 is 0 Å². The molecule has 92 valence electrons. The van der Waals surface area contributed by atoms with Crippen molar-refractivity contribution in [3.63, 3.8) is 0 Å². The van der Waals surface area contributed by atoms with E-state index in [0.29, 0.717) is 6.17 Å². The summed E-state index contributed by atoms with van der Waals surface area (Å²) in [5.74, 6) is 0. The molecule has 0 spiro atoms. The number of benzene rings is 2. The molecule has 0 bridgehead atoms. The topological polar surface area (TPSA) is 18.0 Å². The van der Waals surface area contributed by atoms with Crippen molar-refractivity contribution >= 4 is 0 Å². The predicted octanol–water partition coefficient (Wildman–Crippen LogP) is 2.55. The van der Waals surface area contributed by atoms with E-state index in [1.165, 1.54) is 11.1 Å². The van der Waals surface area contributed by atoms with Crippen molar-refractivity contribution < 1.29 is 0 Å². The van der Waals surface area contributed by atoms with Gasteiger partial charge < -0.3 is 0 Å². The molecule has 0 saturated carbocycles. The number of hydrogen-bond acceptors (Lipinski definition) is 3. The second kappa shape index (κ2) is 4.90. The van der Waals surface area contributed by atoms with Crippen LogP contribution in [-0.2, 0) is 6.54 Å². The van der Waals surface area contributed by atoms with Gasteiger partial charge in [0.15, 0.2) is 0 Å². The molecule has 3 heteroatoms. The lowest BCUT2D eigenvalue weighted by Gasteiger charge is -2.05. The minimum atomic E-state index is 0.356. The van der Waals surface area contributed by atoms with E-state index in [-0.39, 0.29) is 0 Å². The summed E-state index contributed by atoms with van der Waals surface area (Å²) in [7, 11) is 2.09. The molecule has 1 aliphatic heterocycles. The highest BCUT2D eigenvalue weighted by Gasteiger charge is 2.42. The average molecular weight is 239 g/mol. The van der Waals surface area contributed by atoms with Crippen LogP contribution in [0.2, 0.25) is 0 Å². The number of hydrazine groups is 2. The van der Waals surface area contributed by atoms with Crippen LogP contribution in [0.3, 0.4) is 0 Å². The second-order valence-electron chi connectivity index (χ2n) is 4.52. The first-order chi connectivity index (χ1) is 8.86. The standard InChI is InChI=1S/C15H17N3/c1-17-15(14-10-6-3-7-11-14)18(17)16-12-13-8-4-2-5-9-13/h2-11,15-16H,12H2,1H3/t15?,17?,18-/m1/s1. The molecule has 3 atom stereocenters. The third kappa shape index (κ3) is 2.29. The lowest BCUT2D eigenvalue weighted by atomic mass is 10.2. The van der Waals surface area contributed by atoms with E-state index in [9.17, 15) is 0 Å². The molecular weight excluding hydrogens is 222 g/mol. The molecule has 1 aliphatic rings. The Balaban J connectivity index is 1.60. The average Bonchev–Trinajstić information content (AvgIpc) is 3.09. The van der Waals surface area contributed by atoms with Crippen LogP contribution in [0.5, 0.6) is 0 Å². The highest BCUT2D eigenvalue weighted by molar-refractivity contribution is 5.21. The van der Waals surface area contributed by atoms with Gasteiger partial charge in [0, 0.05) is 13.6 Å². The molecule has 0 amide bonds. The fourth-order valence-corrected chi connectivity index (χ4v) is 2.20. The quantitative estimate of drug-likeness (QED) is 0.827. The van der Waals surface area contributed by atoms with Crippen molar-refractivity contribution in [2.24, 2.45) is 0 Å². The van der Waals surface area contributed by atoms with Crippen LogP contribution in [0.15, 0.2) is 60.7 Å². The highest BCUT2D eigenvalue weighted by atomic mass is 16.0. The molecule has 0 aromatic heterocycles. The normalized spacial score (nSPS) is 25.9. The van der Waals surface area contributed by atoms with Gasteiger partial charge in [-0.2, -0.15) is 5.12 Å². The van der Waals surface area contributed by atoms with Crippen LogP contribution in [0.4, 0.5) is 0 Å². The number of rotatable bonds is 4. The maximum Gasteiger partial charge on any atom is 0.131 e. The van der Waals surface area contributed by atoms with E-state index in [4.69, 9.17) is 0 Å². The third-order valence-corrected chi connectivity index (χ3v) is 3.26. The van der Waals surface area contributed by atoms with E-state index in [1.54, 1.807) is 0 Å². The first-order valence-corrected chi connectivity index (χ1v) is 6.20. The maximum absolute atomic E-state index is 3.43. The Morgan fingerprint density at radius 3 is 2.22 bits per heavy atom. The summed E-state index contributed by atoms with van der Waals surface area (Å²) in [6.45, 7) is 0.856. The largest absolute Gasteiger partial charge is 0.235 e. The second-order valence-corrected chi connectivity index (χ2v) is 4.52. The molecule has 3 rings (SSSR count). The van der Waals surface area contributed by atoms with Crippen LogP contribution in [0, 0.1) is 0 Å². The molecule has 1 heterocycles. The van der Waals surface area contributed by atoms with Crippen LogP contribution in [0.25, 0.3) is 0 Å². The molecule has 18 heavy (non-hydrogen) atoms. The maximum atomic E-state index is 3.43. The molecule has 3 nitrogen and oxygen atoms in total. The van der Waals surface area contributed by atoms with Gasteiger partial charge in [0.25, 0.3) is 0 Å². The minimum absolute atomic E-state index is 0.356. The van der Waals surface area contributed by atoms with Crippen LogP contribution in [0.1, 0.15) is 17.3 Å². The molecule has 0 aliphatic carbocycles. The van der Waals surface area contributed by atoms with Gasteiger partial charge in [-0.25, -0.2) is 10.4 Å². The minimum Gasteiger partial charge on any atom is -0.235 e. The Morgan fingerprint density at radius 1 is 0.944 bits per heavy atom. The van der Waals surface area contributed by atoms with Crippen LogP contribution >= 0.6 is 0 Å². The molecule has 2 unspecified atom stereocenters. The number of nitrogens with zero attached hydrogens (tertiary/aromatic N) is 2. The van der Waals surface area contributed by atoms with Gasteiger partial charge in [-0.3, -0.25) is 0 Å². The Hall–Kier alpha value is -1.68. The van der Waals surface area contributed by atoms with Crippen molar-refractivity contribution in [3.8, 4) is 0 Å². The van der Waals surface area contributed by atoms with Crippen molar-refractivity contribution in [2.45, 2.75) is 12.7 Å². The van der Waals surface area contributed by atoms with E-state index in [2.05, 4.69) is 71.1 Å². The Morgan fingerprint density at radius 2 is 1.56 bits per heavy atom. The zero-order valence-corrected chi connectivity index (χ0v) is 10.5. The third-order valence-electron chi connectivity index (χ3n) is 3.26. The Bertz CT molecular complexity index is 498. The summed E-state index contributed by atoms with van der Waals surface area (Å²) in [5, 5.41) is 4.35. The summed E-state index contributed by atoms with van der Waals surface area (Å²) >= 11 is 0. The zero-order valence-electron chi connectivity index (χ0n) is 10.5. The van der Waals surface area contributed by atoms with Gasteiger partial charge in [-0.1, -0.05) is 60.7 Å². The van der Waals surface area contributed by atoms with Crippen molar-refractivity contribution in [1.29, 1.82) is 0 Å². The zero-order chi connectivity index (χ0) is 12.4. The fraction of sp³-hybridized carbons (Fsp3) is 0.200. The molecule has 2 aromatic rings. The van der Waals surface area contributed by atoms with E-state index in [1.807, 2.05) is 12.1 Å². The lowest BCUT2D eigenvalue weighted by molar-refractivity contribution is 0.254. The van der Waals surface area contributed by atoms with Crippen LogP contribution in [-0.4, -0.2) is 17.2 Å². The molecule has 1 saturated heterocycles. The predicted molar refractivity (Wildman–Crippen MR) is 72.1 cm³/mol. The molecular formula is C15H17N3. The van der Waals surface area contributed by atoms with Crippen molar-refractivity contribution in [1.82, 2.24) is 15.6 Å². The van der Waals surface area contributed by atoms with Gasteiger partial charge in [-0.15, -0.1) is 0 Å². The van der Waals surface area contributed by atoms with Crippen molar-refractivity contribution in [2.75, 3.05) is 7.05 Å². The summed E-state index contributed by atoms with van der Waals surface area (Å²) in [4.78, 5) is 0. The van der Waals surface area contributed by atoms with Gasteiger partial charge >= 0.3 is 0 Å². The van der Waals surface area contributed by atoms with Crippen LogP contribution < -0.4 is 5.43 Å². The summed E-state index contributed by atoms with van der Waals surface area (Å²) in [6.07, 6.45) is 0.356. The van der Waals surface area contributed by atoms with Gasteiger partial charge in [-0.05, 0) is 11.1 Å². The Labute approximate surface area is 108 Å². The molecule has 1 fully saturated rings. The number of nitrogens with one attached hydrogen (secondary N) is 1. The molecule has 2 aromatic carbocycles. The van der Waals surface area contributed by atoms with E-state index in [0.717, 1.165) is 6.54 Å². The monoisotopic (exact) mass is 239 g/mol. The SMILES string of the molecule is CN1C(c2ccccc2)[N@]1NCc1ccccc1. The molecule has 1 N–H and O–H groups in total. The van der Waals surface area contributed by atoms with Gasteiger partial charge in [0.2, 0.25) is 0 Å². The van der Waals surface area contributed by atoms with E-state index >= 15 is 0 Å². The summed E-state index contributed by atoms with van der Waals surface area (Å²) in [5.41, 5.74) is 6.05. The summed E-state index contributed by atoms with van der Waals surface area (Å²) < 4.78 is 0. The number of hydrogen-bond donors (Lipinski definition) is 1. The molecule has 0 radical (unpaired) electrons. The van der Waals surface area contributed by atoms with Gasteiger partial charge in [0.05, 0.1) is 0 Å². The summed E-state index contributed by atoms with van der Waals surface area (Å²) in [6, 6.07) is 21.0. The first-order valence-electron chi connectivity index (χ1n) is 6.20. The lowest BCUT2D eigenvalue weighted by Crippen LogP contribution is -2.23. The Kier molecular flexibility index (Phi) is 3.11. The fourth-order valence-electron chi connectivity index (χ4n) is 2.20. The highest BCUT2D eigenvalue weighted by Crippen LogP contribution is 2.36. The first kappa shape index (κ1) is 11.4.